The normalized spacial score (nSPS) is 14.2. The average molecular weight is 305 g/mol. The van der Waals surface area contributed by atoms with Crippen molar-refractivity contribution in [3.05, 3.63) is 16.3 Å². The van der Waals surface area contributed by atoms with Gasteiger partial charge in [-0.15, -0.1) is 11.3 Å². The van der Waals surface area contributed by atoms with Crippen molar-refractivity contribution in [2.45, 2.75) is 39.0 Å². The van der Waals surface area contributed by atoms with Crippen molar-refractivity contribution in [1.82, 2.24) is 9.97 Å². The van der Waals surface area contributed by atoms with Gasteiger partial charge in [0.05, 0.1) is 11.8 Å². The Balaban J connectivity index is 2.07. The van der Waals surface area contributed by atoms with Gasteiger partial charge in [-0.1, -0.05) is 0 Å². The maximum absolute atomic E-state index is 10.8. The first-order chi connectivity index (χ1) is 10.1. The molecule has 0 radical (unpaired) electrons. The molecular weight excluding hydrogens is 286 g/mol. The molecule has 1 N–H and O–H groups in total. The van der Waals surface area contributed by atoms with Crippen molar-refractivity contribution >= 4 is 33.3 Å². The van der Waals surface area contributed by atoms with E-state index in [9.17, 15) is 4.79 Å². The minimum atomic E-state index is -0.781. The second kappa shape index (κ2) is 5.60. The van der Waals surface area contributed by atoms with E-state index in [2.05, 4.69) is 9.97 Å². The van der Waals surface area contributed by atoms with E-state index in [0.29, 0.717) is 6.54 Å². The number of aliphatic carboxylic acids is 1. The first-order valence-corrected chi connectivity index (χ1v) is 8.09. The van der Waals surface area contributed by atoms with Crippen LogP contribution >= 0.6 is 11.3 Å². The predicted octanol–water partition coefficient (Wildman–Crippen LogP) is 2.79. The van der Waals surface area contributed by atoms with Crippen LogP contribution in [0.1, 0.15) is 35.5 Å². The largest absolute Gasteiger partial charge is 0.481 e. The second-order valence-corrected chi connectivity index (χ2v) is 6.63. The number of aromatic nitrogens is 2. The molecule has 0 aromatic carbocycles. The first-order valence-electron chi connectivity index (χ1n) is 7.28. The van der Waals surface area contributed by atoms with Crippen LogP contribution < -0.4 is 4.90 Å². The molecule has 112 valence electrons. The predicted molar refractivity (Wildman–Crippen MR) is 84.3 cm³/mol. The molecule has 3 rings (SSSR count). The lowest BCUT2D eigenvalue weighted by Gasteiger charge is -2.20. The number of carboxylic acid groups (broad SMARTS) is 1. The minimum Gasteiger partial charge on any atom is -0.481 e. The van der Waals surface area contributed by atoms with Crippen molar-refractivity contribution in [3.63, 3.8) is 0 Å². The number of anilines is 1. The van der Waals surface area contributed by atoms with Crippen LogP contribution in [0.3, 0.4) is 0 Å². The summed E-state index contributed by atoms with van der Waals surface area (Å²) >= 11 is 1.78. The Morgan fingerprint density at radius 3 is 2.86 bits per heavy atom. The minimum absolute atomic E-state index is 0.118. The number of fused-ring (bicyclic) bond motifs is 3. The summed E-state index contributed by atoms with van der Waals surface area (Å²) < 4.78 is 0. The van der Waals surface area contributed by atoms with Gasteiger partial charge >= 0.3 is 5.97 Å². The highest BCUT2D eigenvalue weighted by Crippen LogP contribution is 2.39. The number of carbonyl (C=O) groups is 1. The number of aryl methyl sites for hydroxylation is 3. The quantitative estimate of drug-likeness (QED) is 0.941. The van der Waals surface area contributed by atoms with Crippen LogP contribution in [0.25, 0.3) is 10.2 Å². The van der Waals surface area contributed by atoms with Gasteiger partial charge in [0, 0.05) is 18.5 Å². The molecule has 1 aliphatic carbocycles. The lowest BCUT2D eigenvalue weighted by Crippen LogP contribution is -2.23. The third kappa shape index (κ3) is 2.72. The van der Waals surface area contributed by atoms with Gasteiger partial charge in [0.25, 0.3) is 0 Å². The Labute approximate surface area is 127 Å². The SMILES string of the molecule is Cc1nc(N(C)CCC(=O)O)c2c3c(sc2n1)CCCC3. The van der Waals surface area contributed by atoms with Crippen LogP contribution in [-0.2, 0) is 17.6 Å². The third-order valence-electron chi connectivity index (χ3n) is 3.93. The van der Waals surface area contributed by atoms with Crippen molar-refractivity contribution in [3.8, 4) is 0 Å². The van der Waals surface area contributed by atoms with Crippen molar-refractivity contribution in [1.29, 1.82) is 0 Å². The van der Waals surface area contributed by atoms with E-state index in [0.717, 1.165) is 34.7 Å². The van der Waals surface area contributed by atoms with Gasteiger partial charge in [-0.05, 0) is 38.2 Å². The Morgan fingerprint density at radius 2 is 2.10 bits per heavy atom. The number of hydrogen-bond acceptors (Lipinski definition) is 5. The van der Waals surface area contributed by atoms with E-state index in [4.69, 9.17) is 5.11 Å². The first kappa shape index (κ1) is 14.3. The van der Waals surface area contributed by atoms with Gasteiger partial charge in [-0.25, -0.2) is 9.97 Å². The Morgan fingerprint density at radius 1 is 1.33 bits per heavy atom. The zero-order valence-corrected chi connectivity index (χ0v) is 13.2. The maximum Gasteiger partial charge on any atom is 0.305 e. The van der Waals surface area contributed by atoms with Gasteiger partial charge in [0.15, 0.2) is 0 Å². The lowest BCUT2D eigenvalue weighted by molar-refractivity contribution is -0.136. The molecule has 21 heavy (non-hydrogen) atoms. The summed E-state index contributed by atoms with van der Waals surface area (Å²) in [5.74, 6) is 0.854. The van der Waals surface area contributed by atoms with Crippen molar-refractivity contribution in [2.24, 2.45) is 0 Å². The molecule has 0 saturated heterocycles. The number of carboxylic acids is 1. The van der Waals surface area contributed by atoms with Crippen molar-refractivity contribution < 1.29 is 9.90 Å². The molecule has 5 nitrogen and oxygen atoms in total. The number of nitrogens with zero attached hydrogens (tertiary/aromatic N) is 3. The van der Waals surface area contributed by atoms with E-state index in [-0.39, 0.29) is 6.42 Å². The molecule has 0 bridgehead atoms. The monoisotopic (exact) mass is 305 g/mol. The standard InChI is InChI=1S/C15H19N3O2S/c1-9-16-14(18(2)8-7-12(19)20)13-10-5-3-4-6-11(10)21-15(13)17-9/h3-8H2,1-2H3,(H,19,20). The van der Waals surface area contributed by atoms with Crippen LogP contribution in [0.2, 0.25) is 0 Å². The van der Waals surface area contributed by atoms with Crippen LogP contribution in [0.4, 0.5) is 5.82 Å². The van der Waals surface area contributed by atoms with Gasteiger partial charge in [-0.2, -0.15) is 0 Å². The molecule has 0 spiro atoms. The van der Waals surface area contributed by atoms with Crippen LogP contribution in [0.15, 0.2) is 0 Å². The highest BCUT2D eigenvalue weighted by atomic mass is 32.1. The Bertz CT molecular complexity index is 696. The molecule has 0 saturated carbocycles. The molecule has 0 unspecified atom stereocenters. The van der Waals surface area contributed by atoms with E-state index >= 15 is 0 Å². The molecule has 0 amide bonds. The summed E-state index contributed by atoms with van der Waals surface area (Å²) in [4.78, 5) is 24.4. The van der Waals surface area contributed by atoms with Crippen LogP contribution in [0, 0.1) is 6.92 Å². The third-order valence-corrected chi connectivity index (χ3v) is 5.12. The lowest BCUT2D eigenvalue weighted by atomic mass is 9.97. The summed E-state index contributed by atoms with van der Waals surface area (Å²) in [6, 6.07) is 0. The fourth-order valence-corrected chi connectivity index (χ4v) is 4.19. The van der Waals surface area contributed by atoms with E-state index < -0.39 is 5.97 Å². The fourth-order valence-electron chi connectivity index (χ4n) is 2.89. The number of rotatable bonds is 4. The van der Waals surface area contributed by atoms with E-state index in [1.807, 2.05) is 18.9 Å². The molecule has 0 aliphatic heterocycles. The molecular formula is C15H19N3O2S. The zero-order chi connectivity index (χ0) is 15.0. The average Bonchev–Trinajstić information content (AvgIpc) is 2.81. The molecule has 0 fully saturated rings. The van der Waals surface area contributed by atoms with Gasteiger partial charge in [-0.3, -0.25) is 4.79 Å². The smallest absolute Gasteiger partial charge is 0.305 e. The summed E-state index contributed by atoms with van der Waals surface area (Å²) in [7, 11) is 1.91. The Hall–Kier alpha value is -1.69. The summed E-state index contributed by atoms with van der Waals surface area (Å²) in [6.07, 6.45) is 4.80. The van der Waals surface area contributed by atoms with Crippen LogP contribution in [0.5, 0.6) is 0 Å². The number of thiophene rings is 1. The highest BCUT2D eigenvalue weighted by molar-refractivity contribution is 7.19. The molecule has 6 heteroatoms. The molecule has 2 heterocycles. The van der Waals surface area contributed by atoms with E-state index in [1.165, 1.54) is 23.3 Å². The van der Waals surface area contributed by atoms with E-state index in [1.54, 1.807) is 11.3 Å². The topological polar surface area (TPSA) is 66.3 Å². The zero-order valence-electron chi connectivity index (χ0n) is 12.3. The summed E-state index contributed by atoms with van der Waals surface area (Å²) in [5.41, 5.74) is 1.39. The molecule has 2 aromatic heterocycles. The maximum atomic E-state index is 10.8. The Kier molecular flexibility index (Phi) is 3.80. The number of hydrogen-bond donors (Lipinski definition) is 1. The van der Waals surface area contributed by atoms with Gasteiger partial charge in [0.1, 0.15) is 16.5 Å². The van der Waals surface area contributed by atoms with Crippen LogP contribution in [-0.4, -0.2) is 34.6 Å². The molecule has 0 atom stereocenters. The molecule has 1 aliphatic rings. The van der Waals surface area contributed by atoms with Gasteiger partial charge in [0.2, 0.25) is 0 Å². The molecule has 2 aromatic rings. The highest BCUT2D eigenvalue weighted by Gasteiger charge is 2.22. The van der Waals surface area contributed by atoms with Crippen molar-refractivity contribution in [2.75, 3.05) is 18.5 Å². The fraction of sp³-hybridized carbons (Fsp3) is 0.533. The summed E-state index contributed by atoms with van der Waals surface area (Å²) in [5, 5.41) is 10.0. The van der Waals surface area contributed by atoms with Gasteiger partial charge < -0.3 is 10.0 Å². The summed E-state index contributed by atoms with van der Waals surface area (Å²) in [6.45, 7) is 2.36. The second-order valence-electron chi connectivity index (χ2n) is 5.55.